The van der Waals surface area contributed by atoms with Gasteiger partial charge in [-0.05, 0) is 40.2 Å². The normalized spacial score (nSPS) is 10.3. The van der Waals surface area contributed by atoms with Crippen LogP contribution < -0.4 is 11.1 Å². The second-order valence-electron chi connectivity index (χ2n) is 3.78. The maximum Gasteiger partial charge on any atom is 0.150 e. The fourth-order valence-electron chi connectivity index (χ4n) is 1.53. The van der Waals surface area contributed by atoms with Crippen LogP contribution in [-0.2, 0) is 0 Å². The van der Waals surface area contributed by atoms with Gasteiger partial charge in [0.15, 0.2) is 0 Å². The van der Waals surface area contributed by atoms with Crippen LogP contribution in [0.1, 0.15) is 5.56 Å². The Labute approximate surface area is 122 Å². The molecule has 0 aliphatic heterocycles. The molecule has 2 aromatic rings. The fraction of sp³-hybridized carbons (Fsp3) is 0. The van der Waals surface area contributed by atoms with Gasteiger partial charge in [-0.3, -0.25) is 0 Å². The molecule has 0 radical (unpaired) electrons. The van der Waals surface area contributed by atoms with Gasteiger partial charge in [0.2, 0.25) is 0 Å². The Balaban J connectivity index is 2.42. The summed E-state index contributed by atoms with van der Waals surface area (Å²) in [5.41, 5.74) is 5.82. The van der Waals surface area contributed by atoms with Gasteiger partial charge in [-0.25, -0.2) is 8.78 Å². The molecule has 0 aromatic heterocycles. The first kappa shape index (κ1) is 13.9. The summed E-state index contributed by atoms with van der Waals surface area (Å²) >= 11 is 7.98. The van der Waals surface area contributed by atoms with Crippen molar-refractivity contribution in [2.24, 2.45) is 5.73 Å². The second-order valence-corrected chi connectivity index (χ2v) is 5.08. The highest BCUT2D eigenvalue weighted by Gasteiger charge is 2.13. The van der Waals surface area contributed by atoms with Crippen molar-refractivity contribution in [2.75, 3.05) is 5.32 Å². The van der Waals surface area contributed by atoms with Crippen LogP contribution in [0, 0.1) is 11.6 Å². The van der Waals surface area contributed by atoms with E-state index in [-0.39, 0.29) is 16.2 Å². The summed E-state index contributed by atoms with van der Waals surface area (Å²) in [5.74, 6) is -1.50. The molecule has 0 spiro atoms. The number of halogens is 3. The number of nitrogens with one attached hydrogen (secondary N) is 1. The SMILES string of the molecule is NC(=S)c1cc(F)c(Nc2ccccc2Br)c(F)c1. The molecule has 0 aliphatic carbocycles. The summed E-state index contributed by atoms with van der Waals surface area (Å²) in [7, 11) is 0. The van der Waals surface area contributed by atoms with Crippen LogP contribution >= 0.6 is 28.1 Å². The molecular weight excluding hydrogens is 334 g/mol. The van der Waals surface area contributed by atoms with E-state index >= 15 is 0 Å². The second kappa shape index (κ2) is 5.63. The van der Waals surface area contributed by atoms with Crippen LogP contribution in [0.3, 0.4) is 0 Å². The summed E-state index contributed by atoms with van der Waals surface area (Å²) in [6, 6.07) is 9.23. The molecule has 0 unspecified atom stereocenters. The summed E-state index contributed by atoms with van der Waals surface area (Å²) in [5, 5.41) is 2.69. The number of benzene rings is 2. The van der Waals surface area contributed by atoms with E-state index in [4.69, 9.17) is 18.0 Å². The van der Waals surface area contributed by atoms with Gasteiger partial charge in [-0.2, -0.15) is 0 Å². The zero-order valence-corrected chi connectivity index (χ0v) is 12.0. The first-order valence-electron chi connectivity index (χ1n) is 5.29. The molecule has 2 aromatic carbocycles. The van der Waals surface area contributed by atoms with Crippen molar-refractivity contribution in [1.29, 1.82) is 0 Å². The third kappa shape index (κ3) is 3.08. The molecule has 0 saturated heterocycles. The van der Waals surface area contributed by atoms with Crippen molar-refractivity contribution in [3.63, 3.8) is 0 Å². The third-order valence-corrected chi connectivity index (χ3v) is 3.39. The van der Waals surface area contributed by atoms with E-state index < -0.39 is 11.6 Å². The number of nitrogens with two attached hydrogens (primary N) is 1. The van der Waals surface area contributed by atoms with Gasteiger partial charge in [-0.1, -0.05) is 24.4 Å². The summed E-state index contributed by atoms with van der Waals surface area (Å²) in [4.78, 5) is -0.0507. The Morgan fingerprint density at radius 2 is 1.74 bits per heavy atom. The lowest BCUT2D eigenvalue weighted by Gasteiger charge is -2.11. The highest BCUT2D eigenvalue weighted by atomic mass is 79.9. The van der Waals surface area contributed by atoms with Crippen LogP contribution in [0.4, 0.5) is 20.2 Å². The molecule has 0 heterocycles. The summed E-state index contributed by atoms with van der Waals surface area (Å²) < 4.78 is 28.4. The smallest absolute Gasteiger partial charge is 0.150 e. The van der Waals surface area contributed by atoms with E-state index in [0.717, 1.165) is 12.1 Å². The predicted molar refractivity (Wildman–Crippen MR) is 79.7 cm³/mol. The van der Waals surface area contributed by atoms with Gasteiger partial charge < -0.3 is 11.1 Å². The van der Waals surface area contributed by atoms with Crippen LogP contribution in [0.5, 0.6) is 0 Å². The lowest BCUT2D eigenvalue weighted by Crippen LogP contribution is -2.11. The van der Waals surface area contributed by atoms with Crippen LogP contribution in [0.15, 0.2) is 40.9 Å². The minimum Gasteiger partial charge on any atom is -0.389 e. The molecule has 3 N–H and O–H groups in total. The number of thiocarbonyl (C=S) groups is 1. The van der Waals surface area contributed by atoms with Crippen molar-refractivity contribution in [3.8, 4) is 0 Å². The minimum atomic E-state index is -0.751. The lowest BCUT2D eigenvalue weighted by atomic mass is 10.1. The lowest BCUT2D eigenvalue weighted by molar-refractivity contribution is 0.590. The van der Waals surface area contributed by atoms with Crippen LogP contribution in [-0.4, -0.2) is 4.99 Å². The third-order valence-electron chi connectivity index (χ3n) is 2.46. The van der Waals surface area contributed by atoms with Gasteiger partial charge in [0, 0.05) is 10.0 Å². The van der Waals surface area contributed by atoms with E-state index in [0.29, 0.717) is 10.2 Å². The number of para-hydroxylation sites is 1. The Kier molecular flexibility index (Phi) is 4.11. The average Bonchev–Trinajstić information content (AvgIpc) is 2.35. The Bertz CT molecular complexity index is 623. The van der Waals surface area contributed by atoms with Gasteiger partial charge in [0.25, 0.3) is 0 Å². The summed E-state index contributed by atoms with van der Waals surface area (Å²) in [6.07, 6.45) is 0. The molecule has 0 saturated carbocycles. The number of hydrogen-bond acceptors (Lipinski definition) is 2. The van der Waals surface area contributed by atoms with E-state index in [1.54, 1.807) is 24.3 Å². The monoisotopic (exact) mass is 342 g/mol. The zero-order chi connectivity index (χ0) is 14.0. The molecule has 0 atom stereocenters. The van der Waals surface area contributed by atoms with Crippen LogP contribution in [0.25, 0.3) is 0 Å². The quantitative estimate of drug-likeness (QED) is 0.824. The van der Waals surface area contributed by atoms with Gasteiger partial charge >= 0.3 is 0 Å². The van der Waals surface area contributed by atoms with Gasteiger partial charge in [0.1, 0.15) is 22.3 Å². The molecule has 0 amide bonds. The molecule has 98 valence electrons. The zero-order valence-electron chi connectivity index (χ0n) is 9.58. The molecule has 0 fully saturated rings. The van der Waals surface area contributed by atoms with Crippen molar-refractivity contribution in [2.45, 2.75) is 0 Å². The predicted octanol–water partition coefficient (Wildman–Crippen LogP) is 4.11. The molecule has 0 aliphatic rings. The average molecular weight is 343 g/mol. The highest BCUT2D eigenvalue weighted by Crippen LogP contribution is 2.29. The minimum absolute atomic E-state index is 0.0507. The maximum atomic E-state index is 13.9. The Morgan fingerprint density at radius 3 is 2.26 bits per heavy atom. The molecule has 0 bridgehead atoms. The summed E-state index contributed by atoms with van der Waals surface area (Å²) in [6.45, 7) is 0. The number of hydrogen-bond donors (Lipinski definition) is 2. The number of anilines is 2. The highest BCUT2D eigenvalue weighted by molar-refractivity contribution is 9.10. The fourth-order valence-corrected chi connectivity index (χ4v) is 2.03. The Morgan fingerprint density at radius 1 is 1.16 bits per heavy atom. The largest absolute Gasteiger partial charge is 0.389 e. The van der Waals surface area contributed by atoms with Crippen molar-refractivity contribution < 1.29 is 8.78 Å². The Hall–Kier alpha value is -1.53. The van der Waals surface area contributed by atoms with E-state index in [1.165, 1.54) is 0 Å². The van der Waals surface area contributed by atoms with E-state index in [1.807, 2.05) is 0 Å². The van der Waals surface area contributed by atoms with Crippen LogP contribution in [0.2, 0.25) is 0 Å². The maximum absolute atomic E-state index is 13.9. The molecule has 2 nitrogen and oxygen atoms in total. The first-order chi connectivity index (χ1) is 8.99. The molecule has 2 rings (SSSR count). The van der Waals surface area contributed by atoms with Gasteiger partial charge in [0.05, 0.1) is 5.69 Å². The topological polar surface area (TPSA) is 38.0 Å². The first-order valence-corrected chi connectivity index (χ1v) is 6.49. The number of rotatable bonds is 3. The molecular formula is C13H9BrF2N2S. The van der Waals surface area contributed by atoms with E-state index in [9.17, 15) is 8.78 Å². The van der Waals surface area contributed by atoms with Crippen molar-refractivity contribution in [3.05, 3.63) is 58.1 Å². The van der Waals surface area contributed by atoms with Crippen molar-refractivity contribution >= 4 is 44.5 Å². The molecule has 19 heavy (non-hydrogen) atoms. The molecule has 6 heteroatoms. The standard InChI is InChI=1S/C13H9BrF2N2S/c14-8-3-1-2-4-11(8)18-12-9(15)5-7(13(17)19)6-10(12)16/h1-6,18H,(H2,17,19). The van der Waals surface area contributed by atoms with Gasteiger partial charge in [-0.15, -0.1) is 0 Å². The van der Waals surface area contributed by atoms with E-state index in [2.05, 4.69) is 21.2 Å². The van der Waals surface area contributed by atoms with Crippen molar-refractivity contribution in [1.82, 2.24) is 0 Å².